The Bertz CT molecular complexity index is 1090. The van der Waals surface area contributed by atoms with Gasteiger partial charge in [-0.3, -0.25) is 9.59 Å². The van der Waals surface area contributed by atoms with Crippen LogP contribution < -0.4 is 9.47 Å². The van der Waals surface area contributed by atoms with Gasteiger partial charge in [-0.25, -0.2) is 9.59 Å². The van der Waals surface area contributed by atoms with Crippen LogP contribution in [0.25, 0.3) is 0 Å². The van der Waals surface area contributed by atoms with Crippen molar-refractivity contribution in [1.29, 1.82) is 0 Å². The molecule has 0 fully saturated rings. The summed E-state index contributed by atoms with van der Waals surface area (Å²) in [5.41, 5.74) is 1.06. The molecule has 210 valence electrons. The number of esters is 2. The fourth-order valence-electron chi connectivity index (χ4n) is 2.44. The van der Waals surface area contributed by atoms with E-state index in [1.54, 1.807) is 48.5 Å². The monoisotopic (exact) mass is 632 g/mol. The third kappa shape index (κ3) is 14.8. The maximum Gasteiger partial charge on any atom is 0.350 e. The van der Waals surface area contributed by atoms with Gasteiger partial charge in [-0.1, -0.05) is 13.2 Å². The molecule has 2 aromatic rings. The topological polar surface area (TPSA) is 154 Å². The molecule has 39 heavy (non-hydrogen) atoms. The van der Waals surface area contributed by atoms with E-state index in [0.717, 1.165) is 12.2 Å². The number of aliphatic hydroxyl groups is 2. The zero-order valence-electron chi connectivity index (χ0n) is 21.3. The van der Waals surface area contributed by atoms with Crippen molar-refractivity contribution in [3.05, 3.63) is 109 Å². The van der Waals surface area contributed by atoms with Gasteiger partial charge >= 0.3 is 23.5 Å². The summed E-state index contributed by atoms with van der Waals surface area (Å²) >= 11 is 0. The van der Waals surface area contributed by atoms with Gasteiger partial charge in [0.2, 0.25) is 13.6 Å². The second-order valence-corrected chi connectivity index (χ2v) is 7.25. The number of hydrogen-bond donors (Lipinski definition) is 2. The molecule has 0 aliphatic heterocycles. The molecule has 10 nitrogen and oxygen atoms in total. The molecule has 4 N–H and O–H groups in total. The van der Waals surface area contributed by atoms with Crippen molar-refractivity contribution in [3.63, 3.8) is 0 Å². The second kappa shape index (κ2) is 18.7. The summed E-state index contributed by atoms with van der Waals surface area (Å²) in [5, 5.41) is 18.1. The number of carbonyl (C=O) groups is 2. The van der Waals surface area contributed by atoms with Crippen molar-refractivity contribution >= 4 is 23.5 Å². The fourth-order valence-corrected chi connectivity index (χ4v) is 2.44. The SMILES string of the molecule is C=CC(=O)OCOc1ccc(C(=[OH+])/C=C(/C)O)cc1.C=CC(=O)OCOc1ccc(C(=[OH+])/C=C(/C)O)cc1.[Pd]. The summed E-state index contributed by atoms with van der Waals surface area (Å²) < 4.78 is 19.6. The van der Waals surface area contributed by atoms with E-state index in [9.17, 15) is 19.2 Å². The first-order valence-corrected chi connectivity index (χ1v) is 11.0. The van der Waals surface area contributed by atoms with E-state index in [2.05, 4.69) is 22.6 Å². The first-order chi connectivity index (χ1) is 18.0. The Morgan fingerprint density at radius 1 is 0.718 bits per heavy atom. The molecule has 0 atom stereocenters. The number of rotatable bonds is 12. The summed E-state index contributed by atoms with van der Waals surface area (Å²) in [6.45, 7) is 9.00. The van der Waals surface area contributed by atoms with E-state index in [1.807, 2.05) is 0 Å². The van der Waals surface area contributed by atoms with E-state index in [4.69, 9.17) is 19.7 Å². The summed E-state index contributed by atoms with van der Waals surface area (Å²) in [4.78, 5) is 40.8. The molecule has 2 rings (SSSR count). The van der Waals surface area contributed by atoms with Crippen LogP contribution in [0.5, 0.6) is 11.5 Å². The first kappa shape index (κ1) is 34.5. The Labute approximate surface area is 239 Å². The van der Waals surface area contributed by atoms with Gasteiger partial charge < -0.3 is 29.2 Å². The summed E-state index contributed by atoms with van der Waals surface area (Å²) in [6, 6.07) is 12.9. The van der Waals surface area contributed by atoms with Crippen LogP contribution in [-0.2, 0) is 39.5 Å². The van der Waals surface area contributed by atoms with Gasteiger partial charge in [0.15, 0.2) is 0 Å². The minimum atomic E-state index is -0.564. The number of ketones is 2. The van der Waals surface area contributed by atoms with E-state index in [0.29, 0.717) is 22.6 Å². The number of carbonyl (C=O) groups excluding carboxylic acids is 4. The zero-order chi connectivity index (χ0) is 28.5. The number of aliphatic hydroxyl groups excluding tert-OH is 2. The fraction of sp³-hybridized carbons (Fsp3) is 0.143. The number of ether oxygens (including phenoxy) is 4. The summed E-state index contributed by atoms with van der Waals surface area (Å²) in [6.07, 6.45) is 4.56. The van der Waals surface area contributed by atoms with Crippen molar-refractivity contribution in [2.45, 2.75) is 13.8 Å². The smallest absolute Gasteiger partial charge is 0.350 e. The Kier molecular flexibility index (Phi) is 16.6. The molecule has 0 saturated heterocycles. The summed E-state index contributed by atoms with van der Waals surface area (Å²) in [5.74, 6) is -0.244. The van der Waals surface area contributed by atoms with E-state index in [-0.39, 0.29) is 57.1 Å². The van der Waals surface area contributed by atoms with Gasteiger partial charge in [0.25, 0.3) is 0 Å². The standard InChI is InChI=1S/2C14H14O5.Pd/c2*1-3-14(17)19-9-18-12-6-4-11(5-7-12)13(16)8-10(2)15;/h2*3-8,15H,1,9H2,2H3;/p+2/b2*10-8-;. The molecule has 0 aliphatic rings. The Balaban J connectivity index is 0.000000722. The maximum atomic E-state index is 10.8. The van der Waals surface area contributed by atoms with Crippen LogP contribution in [0.2, 0.25) is 0 Å². The average Bonchev–Trinajstić information content (AvgIpc) is 2.88. The van der Waals surface area contributed by atoms with Gasteiger partial charge in [-0.15, -0.1) is 0 Å². The van der Waals surface area contributed by atoms with Crippen LogP contribution >= 0.6 is 0 Å². The predicted molar refractivity (Wildman–Crippen MR) is 141 cm³/mol. The zero-order valence-corrected chi connectivity index (χ0v) is 22.9. The minimum Gasteiger partial charge on any atom is -0.512 e. The largest absolute Gasteiger partial charge is 0.512 e. The molecule has 0 aliphatic carbocycles. The number of benzene rings is 2. The molecule has 0 heterocycles. The van der Waals surface area contributed by atoms with E-state index in [1.165, 1.54) is 26.0 Å². The van der Waals surface area contributed by atoms with Gasteiger partial charge in [0, 0.05) is 32.6 Å². The van der Waals surface area contributed by atoms with Crippen molar-refractivity contribution in [2.24, 2.45) is 0 Å². The normalized spacial score (nSPS) is 10.4. The third-order valence-corrected chi connectivity index (χ3v) is 4.18. The van der Waals surface area contributed by atoms with Crippen LogP contribution in [0.4, 0.5) is 0 Å². The molecule has 0 amide bonds. The molecule has 0 aromatic heterocycles. The van der Waals surface area contributed by atoms with Gasteiger partial charge in [0.1, 0.15) is 11.5 Å². The van der Waals surface area contributed by atoms with Crippen molar-refractivity contribution < 1.29 is 68.8 Å². The van der Waals surface area contributed by atoms with E-state index >= 15 is 0 Å². The molecular formula is C28H30O10Pd+2. The van der Waals surface area contributed by atoms with Crippen LogP contribution in [0, 0.1) is 0 Å². The molecule has 0 unspecified atom stereocenters. The minimum absolute atomic E-state index is 0. The molecule has 0 radical (unpaired) electrons. The molecule has 0 saturated carbocycles. The van der Waals surface area contributed by atoms with Crippen molar-refractivity contribution in [2.75, 3.05) is 13.6 Å². The average molecular weight is 633 g/mol. The van der Waals surface area contributed by atoms with Crippen LogP contribution in [0.15, 0.2) is 97.5 Å². The van der Waals surface area contributed by atoms with Crippen LogP contribution in [-0.4, -0.2) is 56.9 Å². The van der Waals surface area contributed by atoms with Gasteiger partial charge in [0.05, 0.1) is 34.8 Å². The molecule has 2 aromatic carbocycles. The third-order valence-electron chi connectivity index (χ3n) is 4.18. The Hall–Kier alpha value is -4.46. The Morgan fingerprint density at radius 2 is 1.03 bits per heavy atom. The second-order valence-electron chi connectivity index (χ2n) is 7.25. The number of allylic oxidation sites excluding steroid dienone is 4. The van der Waals surface area contributed by atoms with Crippen LogP contribution in [0.1, 0.15) is 25.0 Å². The molecule has 0 bridgehead atoms. The number of hydrogen-bond acceptors (Lipinski definition) is 8. The molecular weight excluding hydrogens is 603 g/mol. The first-order valence-electron chi connectivity index (χ1n) is 11.0. The van der Waals surface area contributed by atoms with E-state index < -0.39 is 11.9 Å². The van der Waals surface area contributed by atoms with Crippen molar-refractivity contribution in [1.82, 2.24) is 0 Å². The molecule has 11 heteroatoms. The van der Waals surface area contributed by atoms with Gasteiger partial charge in [-0.2, -0.15) is 0 Å². The summed E-state index contributed by atoms with van der Waals surface area (Å²) in [7, 11) is 0. The maximum absolute atomic E-state index is 10.8. The Morgan fingerprint density at radius 3 is 1.28 bits per heavy atom. The quantitative estimate of drug-likeness (QED) is 0.0671. The molecule has 0 spiro atoms. The van der Waals surface area contributed by atoms with Crippen LogP contribution in [0.3, 0.4) is 0 Å². The van der Waals surface area contributed by atoms with Crippen molar-refractivity contribution in [3.8, 4) is 11.5 Å². The van der Waals surface area contributed by atoms with Gasteiger partial charge in [-0.05, 0) is 62.4 Å². The predicted octanol–water partition coefficient (Wildman–Crippen LogP) is 4.21.